The lowest BCUT2D eigenvalue weighted by atomic mass is 9.52. The van der Waals surface area contributed by atoms with E-state index in [4.69, 9.17) is 10.5 Å². The number of aromatic nitrogens is 1. The number of esters is 1. The van der Waals surface area contributed by atoms with Crippen LogP contribution in [0.4, 0.5) is 10.8 Å². The maximum absolute atomic E-state index is 14.2. The predicted molar refractivity (Wildman–Crippen MR) is 161 cm³/mol. The van der Waals surface area contributed by atoms with Gasteiger partial charge in [-0.3, -0.25) is 28.9 Å². The van der Waals surface area contributed by atoms with E-state index in [1.165, 1.54) is 24.4 Å². The van der Waals surface area contributed by atoms with Crippen molar-refractivity contribution in [2.75, 3.05) is 45.0 Å². The van der Waals surface area contributed by atoms with Gasteiger partial charge in [0.25, 0.3) is 0 Å². The SMILES string of the molecule is CCOC(=O)c1csc(NCc2cc(N(C)C)c3c(c2O)C(=O)C2C(=O)[C@]4(O)C(=O)C(C(N)=O)C(=O)[C@@H](N(C)C)[C@@H]4C[C@@H]2C3)n1. The molecule has 0 aliphatic heterocycles. The summed E-state index contributed by atoms with van der Waals surface area (Å²) in [6.45, 7) is 1.88. The summed E-state index contributed by atoms with van der Waals surface area (Å²) in [7, 11) is 6.61. The smallest absolute Gasteiger partial charge is 0.357 e. The molecule has 0 saturated heterocycles. The highest BCUT2D eigenvalue weighted by atomic mass is 32.1. The number of nitrogens with zero attached hydrogens (tertiary/aromatic N) is 3. The largest absolute Gasteiger partial charge is 0.507 e. The van der Waals surface area contributed by atoms with Gasteiger partial charge in [-0.1, -0.05) is 0 Å². The third-order valence-electron chi connectivity index (χ3n) is 9.02. The Morgan fingerprint density at radius 2 is 1.87 bits per heavy atom. The van der Waals surface area contributed by atoms with Crippen molar-refractivity contribution in [2.45, 2.75) is 38.0 Å². The number of Topliss-reactive ketones (excluding diaryl/α,β-unsaturated/α-hetero) is 4. The van der Waals surface area contributed by atoms with Crippen LogP contribution in [0.5, 0.6) is 5.75 Å². The van der Waals surface area contributed by atoms with Crippen LogP contribution in [0.3, 0.4) is 0 Å². The Labute approximate surface area is 262 Å². The van der Waals surface area contributed by atoms with Crippen molar-refractivity contribution >= 4 is 57.2 Å². The van der Waals surface area contributed by atoms with E-state index in [0.717, 1.165) is 11.3 Å². The number of rotatable bonds is 8. The van der Waals surface area contributed by atoms with Crippen LogP contribution in [0.1, 0.15) is 45.3 Å². The molecular weight excluding hydrogens is 606 g/mol. The average molecular weight is 642 g/mol. The van der Waals surface area contributed by atoms with Crippen LogP contribution in [0.25, 0.3) is 0 Å². The monoisotopic (exact) mass is 641 g/mol. The molecule has 1 aromatic carbocycles. The van der Waals surface area contributed by atoms with Gasteiger partial charge < -0.3 is 30.9 Å². The maximum atomic E-state index is 14.2. The Morgan fingerprint density at radius 1 is 1.18 bits per heavy atom. The maximum Gasteiger partial charge on any atom is 0.357 e. The van der Waals surface area contributed by atoms with Crippen molar-refractivity contribution in [3.63, 3.8) is 0 Å². The number of likely N-dealkylation sites (N-methyl/N-ethyl adjacent to an activating group) is 1. The third-order valence-corrected chi connectivity index (χ3v) is 9.82. The zero-order valence-corrected chi connectivity index (χ0v) is 26.3. The first kappa shape index (κ1) is 32.2. The number of aromatic hydroxyl groups is 1. The van der Waals surface area contributed by atoms with E-state index < -0.39 is 70.3 Å². The van der Waals surface area contributed by atoms with Gasteiger partial charge in [0.15, 0.2) is 45.5 Å². The van der Waals surface area contributed by atoms with Crippen molar-refractivity contribution in [1.29, 1.82) is 0 Å². The molecule has 15 heteroatoms. The van der Waals surface area contributed by atoms with Crippen molar-refractivity contribution in [3.8, 4) is 5.75 Å². The summed E-state index contributed by atoms with van der Waals surface area (Å²) in [6.07, 6.45) is 0.115. The van der Waals surface area contributed by atoms with Crippen LogP contribution >= 0.6 is 11.3 Å². The lowest BCUT2D eigenvalue weighted by molar-refractivity contribution is -0.181. The molecule has 5 N–H and O–H groups in total. The Morgan fingerprint density at radius 3 is 2.47 bits per heavy atom. The van der Waals surface area contributed by atoms with Gasteiger partial charge in [0.1, 0.15) is 5.75 Å². The van der Waals surface area contributed by atoms with Crippen molar-refractivity contribution < 1.29 is 43.7 Å². The van der Waals surface area contributed by atoms with Crippen molar-refractivity contribution in [2.24, 2.45) is 29.4 Å². The minimum Gasteiger partial charge on any atom is -0.507 e. The molecule has 1 heterocycles. The van der Waals surface area contributed by atoms with Gasteiger partial charge in [0, 0.05) is 43.2 Å². The summed E-state index contributed by atoms with van der Waals surface area (Å²) in [5.74, 6) is -11.6. The number of nitrogens with one attached hydrogen (secondary N) is 1. The van der Waals surface area contributed by atoms with Crippen LogP contribution in [0.2, 0.25) is 0 Å². The van der Waals surface area contributed by atoms with Gasteiger partial charge in [-0.05, 0) is 51.4 Å². The standard InChI is InChI=1S/C30H35N5O9S/c1-6-44-28(42)16-11-45-29(33-16)32-10-13-9-17(34(2)3)14-7-12-8-15-21(35(4)5)24(38)20(27(31)41)26(40)30(15,43)25(39)18(12)23(37)19(14)22(13)36/h9,11-12,15,18,20-21,36,43H,6-8,10H2,1-5H3,(H2,31,41)(H,32,33)/t12-,15-,18?,20?,21-,30-/m0/s1. The molecule has 3 aliphatic carbocycles. The Kier molecular flexibility index (Phi) is 8.31. The second-order valence-corrected chi connectivity index (χ2v) is 12.9. The Hall–Kier alpha value is -4.21. The number of anilines is 2. The molecule has 1 amide bonds. The number of ketones is 4. The number of thiazole rings is 1. The van der Waals surface area contributed by atoms with E-state index in [0.29, 0.717) is 21.9 Å². The number of aliphatic hydroxyl groups is 1. The molecule has 3 aliphatic rings. The third kappa shape index (κ3) is 4.98. The number of hydrogen-bond acceptors (Lipinski definition) is 14. The number of phenolic OH excluding ortho intramolecular Hbond substituents is 1. The van der Waals surface area contributed by atoms with E-state index >= 15 is 0 Å². The minimum absolute atomic E-state index is 0.00245. The summed E-state index contributed by atoms with van der Waals surface area (Å²) in [6, 6.07) is 0.542. The highest BCUT2D eigenvalue weighted by Gasteiger charge is 2.69. The van der Waals surface area contributed by atoms with Gasteiger partial charge in [-0.2, -0.15) is 0 Å². The molecule has 5 rings (SSSR count). The zero-order chi connectivity index (χ0) is 33.1. The topological polar surface area (TPSA) is 210 Å². The first-order chi connectivity index (χ1) is 21.1. The number of primary amides is 1. The van der Waals surface area contributed by atoms with Crippen molar-refractivity contribution in [1.82, 2.24) is 9.88 Å². The second kappa shape index (κ2) is 11.6. The van der Waals surface area contributed by atoms with Crippen LogP contribution in [0, 0.1) is 23.7 Å². The molecule has 2 unspecified atom stereocenters. The minimum atomic E-state index is -2.79. The van der Waals surface area contributed by atoms with Gasteiger partial charge in [0.2, 0.25) is 5.91 Å². The zero-order valence-electron chi connectivity index (χ0n) is 25.4. The molecule has 2 saturated carbocycles. The molecule has 2 aromatic rings. The number of nitrogens with two attached hydrogens (primary N) is 1. The van der Waals surface area contributed by atoms with E-state index in [1.807, 2.05) is 0 Å². The quantitative estimate of drug-likeness (QED) is 0.224. The molecule has 45 heavy (non-hydrogen) atoms. The molecule has 2 fully saturated rings. The highest BCUT2D eigenvalue weighted by molar-refractivity contribution is 7.13. The fourth-order valence-electron chi connectivity index (χ4n) is 7.06. The molecule has 0 radical (unpaired) electrons. The van der Waals surface area contributed by atoms with Crippen LogP contribution in [0.15, 0.2) is 11.4 Å². The van der Waals surface area contributed by atoms with Crippen molar-refractivity contribution in [3.05, 3.63) is 33.8 Å². The number of ether oxygens (including phenoxy) is 1. The number of benzene rings is 1. The number of amides is 1. The first-order valence-corrected chi connectivity index (χ1v) is 15.3. The van der Waals surface area contributed by atoms with Crippen LogP contribution < -0.4 is 16.0 Å². The summed E-state index contributed by atoms with van der Waals surface area (Å²) in [5, 5.41) is 28.1. The molecule has 0 bridgehead atoms. The molecule has 240 valence electrons. The summed E-state index contributed by atoms with van der Waals surface area (Å²) >= 11 is 1.15. The molecule has 0 spiro atoms. The average Bonchev–Trinajstić information content (AvgIpc) is 3.43. The number of hydrogen-bond donors (Lipinski definition) is 4. The van der Waals surface area contributed by atoms with E-state index in [-0.39, 0.29) is 43.0 Å². The van der Waals surface area contributed by atoms with E-state index in [2.05, 4.69) is 10.3 Å². The van der Waals surface area contributed by atoms with Gasteiger partial charge in [0.05, 0.1) is 24.1 Å². The second-order valence-electron chi connectivity index (χ2n) is 12.1. The summed E-state index contributed by atoms with van der Waals surface area (Å²) in [4.78, 5) is 86.6. The van der Waals surface area contributed by atoms with Gasteiger partial charge in [-0.15, -0.1) is 11.3 Å². The molecule has 6 atom stereocenters. The number of phenols is 1. The summed E-state index contributed by atoms with van der Waals surface area (Å²) < 4.78 is 4.96. The predicted octanol–water partition coefficient (Wildman–Crippen LogP) is 0.178. The lowest BCUT2D eigenvalue weighted by Crippen LogP contribution is -2.74. The fourth-order valence-corrected chi connectivity index (χ4v) is 7.74. The van der Waals surface area contributed by atoms with Crippen LogP contribution in [-0.4, -0.2) is 102 Å². The number of carbonyl (C=O) groups excluding carboxylic acids is 6. The molecule has 1 aromatic heterocycles. The number of fused-ring (bicyclic) bond motifs is 3. The van der Waals surface area contributed by atoms with E-state index in [1.54, 1.807) is 32.0 Å². The van der Waals surface area contributed by atoms with Crippen LogP contribution in [-0.2, 0) is 36.9 Å². The first-order valence-electron chi connectivity index (χ1n) is 14.4. The van der Waals surface area contributed by atoms with Gasteiger partial charge in [-0.25, -0.2) is 9.78 Å². The van der Waals surface area contributed by atoms with E-state index in [9.17, 15) is 39.0 Å². The fraction of sp³-hybridized carbons (Fsp3) is 0.500. The number of carbonyl (C=O) groups is 6. The summed E-state index contributed by atoms with van der Waals surface area (Å²) in [5.41, 5.74) is 4.02. The van der Waals surface area contributed by atoms with Gasteiger partial charge >= 0.3 is 5.97 Å². The normalized spacial score (nSPS) is 27.5. The molecule has 14 nitrogen and oxygen atoms in total. The Bertz CT molecular complexity index is 1640. The lowest BCUT2D eigenvalue weighted by Gasteiger charge is -2.52. The Balaban J connectivity index is 1.54. The molecular formula is C30H35N5O9S. The highest BCUT2D eigenvalue weighted by Crippen LogP contribution is 2.52.